The van der Waals surface area contributed by atoms with E-state index in [4.69, 9.17) is 0 Å². The van der Waals surface area contributed by atoms with Crippen molar-refractivity contribution in [2.45, 2.75) is 30.1 Å². The van der Waals surface area contributed by atoms with Gasteiger partial charge in [0.1, 0.15) is 0 Å². The van der Waals surface area contributed by atoms with Gasteiger partial charge < -0.3 is 0 Å². The third-order valence-corrected chi connectivity index (χ3v) is 6.07. The van der Waals surface area contributed by atoms with Gasteiger partial charge in [-0.15, -0.1) is 13.2 Å². The zero-order chi connectivity index (χ0) is 18.8. The van der Waals surface area contributed by atoms with E-state index in [9.17, 15) is 8.42 Å². The summed E-state index contributed by atoms with van der Waals surface area (Å²) in [4.78, 5) is 2.57. The smallest absolute Gasteiger partial charge is 0.200 e. The maximum absolute atomic E-state index is 12.5. The topological polar surface area (TPSA) is 58.5 Å². The number of allylic oxidation sites excluding steroid dienone is 2. The van der Waals surface area contributed by atoms with Gasteiger partial charge in [0.15, 0.2) is 0 Å². The maximum atomic E-state index is 12.5. The van der Waals surface area contributed by atoms with Crippen LogP contribution in [0.4, 0.5) is 0 Å². The fraction of sp³-hybridized carbons (Fsp3) is 0.190. The number of benzene rings is 2. The van der Waals surface area contributed by atoms with Crippen molar-refractivity contribution in [3.63, 3.8) is 0 Å². The van der Waals surface area contributed by atoms with Crippen LogP contribution in [0.25, 0.3) is 0 Å². The number of nitrogens with one attached hydrogen (secondary N) is 1. The molecule has 0 atom stereocenters. The van der Waals surface area contributed by atoms with Crippen molar-refractivity contribution >= 4 is 15.7 Å². The summed E-state index contributed by atoms with van der Waals surface area (Å²) >= 11 is 0. The molecule has 2 aromatic carbocycles. The lowest BCUT2D eigenvalue weighted by molar-refractivity contribution is 0.583. The highest BCUT2D eigenvalue weighted by Gasteiger charge is 2.37. The van der Waals surface area contributed by atoms with E-state index < -0.39 is 15.4 Å². The second-order valence-corrected chi connectivity index (χ2v) is 8.06. The summed E-state index contributed by atoms with van der Waals surface area (Å²) in [6, 6.07) is 14.7. The first-order valence-corrected chi connectivity index (χ1v) is 9.92. The van der Waals surface area contributed by atoms with Crippen molar-refractivity contribution in [3.8, 4) is 0 Å². The van der Waals surface area contributed by atoms with Gasteiger partial charge in [-0.05, 0) is 43.0 Å². The molecule has 0 radical (unpaired) electrons. The molecule has 0 aliphatic heterocycles. The van der Waals surface area contributed by atoms with Crippen LogP contribution in [-0.4, -0.2) is 14.1 Å². The second kappa shape index (κ2) is 6.92. The fourth-order valence-electron chi connectivity index (χ4n) is 3.33. The third kappa shape index (κ3) is 3.10. The van der Waals surface area contributed by atoms with Gasteiger partial charge in [0.2, 0.25) is 0 Å². The Balaban J connectivity index is 1.99. The van der Waals surface area contributed by atoms with E-state index in [0.29, 0.717) is 12.1 Å². The van der Waals surface area contributed by atoms with Crippen LogP contribution in [0.5, 0.6) is 0 Å². The van der Waals surface area contributed by atoms with E-state index in [1.165, 1.54) is 5.56 Å². The van der Waals surface area contributed by atoms with E-state index in [2.05, 4.69) is 29.2 Å². The average Bonchev–Trinajstić information content (AvgIpc) is 2.66. The van der Waals surface area contributed by atoms with Crippen LogP contribution in [0.2, 0.25) is 0 Å². The van der Waals surface area contributed by atoms with Gasteiger partial charge in [0.05, 0.1) is 16.0 Å². The van der Waals surface area contributed by atoms with Crippen molar-refractivity contribution in [2.75, 3.05) is 0 Å². The molecule has 1 N–H and O–H groups in total. The minimum atomic E-state index is -3.73. The van der Waals surface area contributed by atoms with E-state index in [1.54, 1.807) is 36.4 Å². The Bertz CT molecular complexity index is 965. The molecular weight excluding hydrogens is 344 g/mol. The molecular formula is C21H22N2O2S. The lowest BCUT2D eigenvalue weighted by Gasteiger charge is -2.35. The molecule has 1 aliphatic rings. The number of sulfonamides is 1. The zero-order valence-corrected chi connectivity index (χ0v) is 15.6. The summed E-state index contributed by atoms with van der Waals surface area (Å²) in [7, 11) is -3.73. The van der Waals surface area contributed by atoms with E-state index in [0.717, 1.165) is 17.5 Å². The molecule has 0 heterocycles. The van der Waals surface area contributed by atoms with Crippen molar-refractivity contribution in [3.05, 3.63) is 90.5 Å². The predicted octanol–water partition coefficient (Wildman–Crippen LogP) is 3.89. The highest BCUT2D eigenvalue weighted by Crippen LogP contribution is 2.37. The monoisotopic (exact) mass is 366 g/mol. The molecule has 134 valence electrons. The minimum Gasteiger partial charge on any atom is -0.200 e. The zero-order valence-electron chi connectivity index (χ0n) is 14.8. The van der Waals surface area contributed by atoms with Crippen LogP contribution in [0.3, 0.4) is 0 Å². The molecule has 0 unspecified atom stereocenters. The number of hydrazone groups is 1. The molecule has 2 aromatic rings. The van der Waals surface area contributed by atoms with Gasteiger partial charge in [0, 0.05) is 0 Å². The van der Waals surface area contributed by atoms with Crippen LogP contribution in [0.15, 0.2) is 83.8 Å². The predicted molar refractivity (Wildman–Crippen MR) is 106 cm³/mol. The first-order chi connectivity index (χ1) is 12.4. The molecule has 3 rings (SSSR count). The minimum absolute atomic E-state index is 0.187. The van der Waals surface area contributed by atoms with Crippen LogP contribution in [0.1, 0.15) is 23.1 Å². The number of rotatable bonds is 5. The van der Waals surface area contributed by atoms with Crippen LogP contribution in [-0.2, 0) is 21.9 Å². The molecule has 26 heavy (non-hydrogen) atoms. The first kappa shape index (κ1) is 18.1. The van der Waals surface area contributed by atoms with Crippen LogP contribution in [0, 0.1) is 6.92 Å². The molecule has 1 aliphatic carbocycles. The number of hydrogen-bond acceptors (Lipinski definition) is 3. The van der Waals surface area contributed by atoms with Crippen LogP contribution >= 0.6 is 0 Å². The Morgan fingerprint density at radius 2 is 1.69 bits per heavy atom. The molecule has 0 saturated carbocycles. The molecule has 4 nitrogen and oxygen atoms in total. The Morgan fingerprint density at radius 3 is 2.35 bits per heavy atom. The Kier molecular flexibility index (Phi) is 4.83. The number of nitrogens with zero attached hydrogens (tertiary/aromatic N) is 1. The first-order valence-electron chi connectivity index (χ1n) is 8.44. The summed E-state index contributed by atoms with van der Waals surface area (Å²) in [6.07, 6.45) is 4.98. The standard InChI is InChI=1S/C21H22N2O2S/c1-4-21(5-2)19-9-7-6-8-17(19)12-15-20(21)22-23-26(24,25)18-13-10-16(3)11-14-18/h4-11,13-14,23H,1-2,12,15H2,3H3/b22-20+. The summed E-state index contributed by atoms with van der Waals surface area (Å²) in [5, 5.41) is 4.28. The van der Waals surface area contributed by atoms with Crippen LogP contribution < -0.4 is 4.83 Å². The highest BCUT2D eigenvalue weighted by atomic mass is 32.2. The highest BCUT2D eigenvalue weighted by molar-refractivity contribution is 7.89. The van der Waals surface area contributed by atoms with Crippen molar-refractivity contribution in [1.29, 1.82) is 0 Å². The van der Waals surface area contributed by atoms with Crippen molar-refractivity contribution in [1.82, 2.24) is 4.83 Å². The Labute approximate surface area is 155 Å². The number of fused-ring (bicyclic) bond motifs is 1. The quantitative estimate of drug-likeness (QED) is 0.645. The molecule has 0 saturated heterocycles. The largest absolute Gasteiger partial charge is 0.276 e. The third-order valence-electron chi connectivity index (χ3n) is 4.85. The van der Waals surface area contributed by atoms with Crippen molar-refractivity contribution in [2.24, 2.45) is 5.10 Å². The lowest BCUT2D eigenvalue weighted by atomic mass is 9.69. The number of aryl methyl sites for hydroxylation is 2. The molecule has 0 aromatic heterocycles. The summed E-state index contributed by atoms with van der Waals surface area (Å²) in [5.74, 6) is 0. The van der Waals surface area contributed by atoms with E-state index in [-0.39, 0.29) is 4.90 Å². The van der Waals surface area contributed by atoms with Gasteiger partial charge >= 0.3 is 0 Å². The van der Waals surface area contributed by atoms with Crippen molar-refractivity contribution < 1.29 is 8.42 Å². The van der Waals surface area contributed by atoms with Gasteiger partial charge in [0.25, 0.3) is 10.0 Å². The molecule has 0 bridgehead atoms. The summed E-state index contributed by atoms with van der Waals surface area (Å²) < 4.78 is 25.1. The SMILES string of the molecule is C=CC1(C=C)/C(=N/NS(=O)(=O)c2ccc(C)cc2)CCc2ccccc21. The van der Waals surface area contributed by atoms with Gasteiger partial charge in [-0.2, -0.15) is 13.5 Å². The molecule has 0 amide bonds. The van der Waals surface area contributed by atoms with Gasteiger partial charge in [-0.25, -0.2) is 4.83 Å². The normalized spacial score (nSPS) is 17.3. The summed E-state index contributed by atoms with van der Waals surface area (Å²) in [5.41, 5.74) is 3.26. The molecule has 0 spiro atoms. The fourth-order valence-corrected chi connectivity index (χ4v) is 4.16. The Hall–Kier alpha value is -2.66. The second-order valence-electron chi connectivity index (χ2n) is 6.40. The average molecular weight is 366 g/mol. The lowest BCUT2D eigenvalue weighted by Crippen LogP contribution is -2.38. The van der Waals surface area contributed by atoms with Gasteiger partial charge in [-0.3, -0.25) is 0 Å². The molecule has 0 fully saturated rings. The maximum Gasteiger partial charge on any atom is 0.276 e. The van der Waals surface area contributed by atoms with E-state index in [1.807, 2.05) is 25.1 Å². The van der Waals surface area contributed by atoms with Gasteiger partial charge in [-0.1, -0.05) is 54.1 Å². The van der Waals surface area contributed by atoms with E-state index >= 15 is 0 Å². The molecule has 5 heteroatoms. The Morgan fingerprint density at radius 1 is 1.04 bits per heavy atom. The number of hydrogen-bond donors (Lipinski definition) is 1. The summed E-state index contributed by atoms with van der Waals surface area (Å²) in [6.45, 7) is 9.83.